The summed E-state index contributed by atoms with van der Waals surface area (Å²) in [7, 11) is 0. The van der Waals surface area contributed by atoms with Crippen LogP contribution < -0.4 is 5.32 Å². The lowest BCUT2D eigenvalue weighted by Crippen LogP contribution is -2.47. The standard InChI is InChI=1S/C15H24N4O2/c1-11-17-14(18-21-11)8-12-4-3-7-19(10-12)15(20)13-5-2-6-16-9-13/h12-13,16H,2-10H2,1H3. The minimum absolute atomic E-state index is 0.171. The van der Waals surface area contributed by atoms with Crippen molar-refractivity contribution in [3.63, 3.8) is 0 Å². The highest BCUT2D eigenvalue weighted by Gasteiger charge is 2.30. The zero-order chi connectivity index (χ0) is 14.7. The van der Waals surface area contributed by atoms with Gasteiger partial charge >= 0.3 is 0 Å². The normalized spacial score (nSPS) is 26.8. The van der Waals surface area contributed by atoms with Gasteiger partial charge in [0.05, 0.1) is 5.92 Å². The van der Waals surface area contributed by atoms with Gasteiger partial charge in [0.25, 0.3) is 0 Å². The van der Waals surface area contributed by atoms with Gasteiger partial charge in [0.15, 0.2) is 5.82 Å². The van der Waals surface area contributed by atoms with Crippen molar-refractivity contribution in [1.82, 2.24) is 20.4 Å². The van der Waals surface area contributed by atoms with Crippen LogP contribution in [0.5, 0.6) is 0 Å². The van der Waals surface area contributed by atoms with Crippen molar-refractivity contribution >= 4 is 5.91 Å². The summed E-state index contributed by atoms with van der Waals surface area (Å²) in [5, 5.41) is 7.30. The number of likely N-dealkylation sites (tertiary alicyclic amines) is 1. The topological polar surface area (TPSA) is 71.3 Å². The van der Waals surface area contributed by atoms with Gasteiger partial charge in [-0.1, -0.05) is 5.16 Å². The van der Waals surface area contributed by atoms with E-state index in [4.69, 9.17) is 4.52 Å². The van der Waals surface area contributed by atoms with Gasteiger partial charge in [0.2, 0.25) is 11.8 Å². The van der Waals surface area contributed by atoms with Crippen LogP contribution in [-0.4, -0.2) is 47.1 Å². The summed E-state index contributed by atoms with van der Waals surface area (Å²) >= 11 is 0. The number of piperidine rings is 2. The van der Waals surface area contributed by atoms with Gasteiger partial charge in [0, 0.05) is 33.0 Å². The average molecular weight is 292 g/mol. The molecule has 0 aromatic carbocycles. The van der Waals surface area contributed by atoms with E-state index < -0.39 is 0 Å². The molecule has 1 aromatic rings. The number of hydrogen-bond acceptors (Lipinski definition) is 5. The van der Waals surface area contributed by atoms with Crippen LogP contribution in [0.15, 0.2) is 4.52 Å². The Kier molecular flexibility index (Phi) is 4.53. The molecule has 2 aliphatic heterocycles. The Morgan fingerprint density at radius 3 is 3.05 bits per heavy atom. The average Bonchev–Trinajstić information content (AvgIpc) is 2.93. The van der Waals surface area contributed by atoms with E-state index in [2.05, 4.69) is 20.4 Å². The zero-order valence-electron chi connectivity index (χ0n) is 12.7. The summed E-state index contributed by atoms with van der Waals surface area (Å²) in [6, 6.07) is 0. The number of carbonyl (C=O) groups excluding carboxylic acids is 1. The highest BCUT2D eigenvalue weighted by Crippen LogP contribution is 2.23. The van der Waals surface area contributed by atoms with Gasteiger partial charge in [0.1, 0.15) is 0 Å². The molecule has 0 spiro atoms. The second kappa shape index (κ2) is 6.56. The molecule has 2 unspecified atom stereocenters. The highest BCUT2D eigenvalue weighted by atomic mass is 16.5. The molecule has 6 heteroatoms. The number of hydrogen-bond donors (Lipinski definition) is 1. The number of rotatable bonds is 3. The maximum Gasteiger partial charge on any atom is 0.226 e. The highest BCUT2D eigenvalue weighted by molar-refractivity contribution is 5.79. The van der Waals surface area contributed by atoms with Crippen molar-refractivity contribution in [2.24, 2.45) is 11.8 Å². The number of aryl methyl sites for hydroxylation is 1. The Balaban J connectivity index is 1.56. The third-order valence-corrected chi connectivity index (χ3v) is 4.52. The Labute approximate surface area is 125 Å². The third-order valence-electron chi connectivity index (χ3n) is 4.52. The Bertz CT molecular complexity index is 482. The molecule has 1 aromatic heterocycles. The summed E-state index contributed by atoms with van der Waals surface area (Å²) in [6.45, 7) is 5.43. The van der Waals surface area contributed by atoms with Crippen LogP contribution >= 0.6 is 0 Å². The zero-order valence-corrected chi connectivity index (χ0v) is 12.7. The molecular weight excluding hydrogens is 268 g/mol. The summed E-state index contributed by atoms with van der Waals surface area (Å²) < 4.78 is 5.03. The first-order valence-electron chi connectivity index (χ1n) is 8.01. The van der Waals surface area contributed by atoms with E-state index >= 15 is 0 Å². The van der Waals surface area contributed by atoms with E-state index in [0.29, 0.717) is 17.7 Å². The van der Waals surface area contributed by atoms with Crippen LogP contribution in [0.25, 0.3) is 0 Å². The summed E-state index contributed by atoms with van der Waals surface area (Å²) in [6.07, 6.45) is 5.16. The van der Waals surface area contributed by atoms with Crippen molar-refractivity contribution in [3.8, 4) is 0 Å². The van der Waals surface area contributed by atoms with E-state index in [1.165, 1.54) is 0 Å². The molecule has 116 valence electrons. The quantitative estimate of drug-likeness (QED) is 0.905. The molecule has 1 amide bonds. The summed E-state index contributed by atoms with van der Waals surface area (Å²) in [4.78, 5) is 18.9. The molecule has 2 fully saturated rings. The molecule has 0 aliphatic carbocycles. The first kappa shape index (κ1) is 14.5. The van der Waals surface area contributed by atoms with E-state index in [1.807, 2.05) is 6.92 Å². The van der Waals surface area contributed by atoms with Gasteiger partial charge in [-0.05, 0) is 38.1 Å². The minimum Gasteiger partial charge on any atom is -0.342 e. The lowest BCUT2D eigenvalue weighted by atomic mass is 9.92. The molecule has 3 rings (SSSR count). The van der Waals surface area contributed by atoms with Crippen LogP contribution in [0.1, 0.15) is 37.4 Å². The van der Waals surface area contributed by atoms with Gasteiger partial charge in [-0.3, -0.25) is 4.79 Å². The molecule has 21 heavy (non-hydrogen) atoms. The number of amides is 1. The fourth-order valence-corrected chi connectivity index (χ4v) is 3.44. The fourth-order valence-electron chi connectivity index (χ4n) is 3.44. The van der Waals surface area contributed by atoms with E-state index in [9.17, 15) is 4.79 Å². The lowest BCUT2D eigenvalue weighted by Gasteiger charge is -2.35. The first-order chi connectivity index (χ1) is 10.2. The van der Waals surface area contributed by atoms with Crippen LogP contribution in [-0.2, 0) is 11.2 Å². The summed E-state index contributed by atoms with van der Waals surface area (Å²) in [5.41, 5.74) is 0. The molecule has 2 saturated heterocycles. The van der Waals surface area contributed by atoms with E-state index in [-0.39, 0.29) is 5.92 Å². The van der Waals surface area contributed by atoms with Gasteiger partial charge in [-0.15, -0.1) is 0 Å². The van der Waals surface area contributed by atoms with Crippen molar-refractivity contribution < 1.29 is 9.32 Å². The van der Waals surface area contributed by atoms with Gasteiger partial charge in [-0.2, -0.15) is 4.98 Å². The molecule has 3 heterocycles. The van der Waals surface area contributed by atoms with Crippen LogP contribution in [0.4, 0.5) is 0 Å². The third kappa shape index (κ3) is 3.61. The maximum absolute atomic E-state index is 12.6. The Morgan fingerprint density at radius 2 is 2.33 bits per heavy atom. The van der Waals surface area contributed by atoms with Crippen molar-refractivity contribution in [2.75, 3.05) is 26.2 Å². The fraction of sp³-hybridized carbons (Fsp3) is 0.800. The van der Waals surface area contributed by atoms with E-state index in [0.717, 1.165) is 64.1 Å². The largest absolute Gasteiger partial charge is 0.342 e. The second-order valence-corrected chi connectivity index (χ2v) is 6.27. The molecular formula is C15H24N4O2. The van der Waals surface area contributed by atoms with Crippen molar-refractivity contribution in [3.05, 3.63) is 11.7 Å². The number of nitrogens with zero attached hydrogens (tertiary/aromatic N) is 3. The van der Waals surface area contributed by atoms with Gasteiger partial charge < -0.3 is 14.7 Å². The smallest absolute Gasteiger partial charge is 0.226 e. The number of carbonyl (C=O) groups is 1. The number of nitrogens with one attached hydrogen (secondary N) is 1. The van der Waals surface area contributed by atoms with Gasteiger partial charge in [-0.25, -0.2) is 0 Å². The van der Waals surface area contributed by atoms with Crippen LogP contribution in [0.2, 0.25) is 0 Å². The molecule has 0 bridgehead atoms. The van der Waals surface area contributed by atoms with Crippen LogP contribution in [0.3, 0.4) is 0 Å². The lowest BCUT2D eigenvalue weighted by molar-refractivity contribution is -0.137. The molecule has 2 aliphatic rings. The molecule has 1 N–H and O–H groups in total. The molecule has 0 saturated carbocycles. The summed E-state index contributed by atoms with van der Waals surface area (Å²) in [5.74, 6) is 2.34. The predicted molar refractivity (Wildman–Crippen MR) is 77.6 cm³/mol. The van der Waals surface area contributed by atoms with E-state index in [1.54, 1.807) is 0 Å². The molecule has 2 atom stereocenters. The van der Waals surface area contributed by atoms with Crippen LogP contribution in [0, 0.1) is 18.8 Å². The Morgan fingerprint density at radius 1 is 1.43 bits per heavy atom. The molecule has 6 nitrogen and oxygen atoms in total. The first-order valence-corrected chi connectivity index (χ1v) is 8.01. The minimum atomic E-state index is 0.171. The monoisotopic (exact) mass is 292 g/mol. The predicted octanol–water partition coefficient (Wildman–Crippen LogP) is 1.16. The Hall–Kier alpha value is -1.43. The van der Waals surface area contributed by atoms with Crippen molar-refractivity contribution in [2.45, 2.75) is 39.0 Å². The number of aromatic nitrogens is 2. The molecule has 0 radical (unpaired) electrons. The second-order valence-electron chi connectivity index (χ2n) is 6.27. The maximum atomic E-state index is 12.6. The SMILES string of the molecule is Cc1nc(CC2CCCN(C(=O)C3CCCNC3)C2)no1. The van der Waals surface area contributed by atoms with Crippen molar-refractivity contribution in [1.29, 1.82) is 0 Å².